The lowest BCUT2D eigenvalue weighted by Gasteiger charge is -2.09. The summed E-state index contributed by atoms with van der Waals surface area (Å²) in [5.41, 5.74) is 3.90. The minimum absolute atomic E-state index is 0.241. The number of thiazole rings is 1. The molecule has 0 radical (unpaired) electrons. The van der Waals surface area contributed by atoms with Gasteiger partial charge in [0.2, 0.25) is 4.96 Å². The van der Waals surface area contributed by atoms with Crippen molar-refractivity contribution < 1.29 is 9.47 Å². The van der Waals surface area contributed by atoms with Crippen LogP contribution in [-0.4, -0.2) is 37.6 Å². The molecule has 3 aromatic carbocycles. The van der Waals surface area contributed by atoms with Gasteiger partial charge in [0.05, 0.1) is 28.5 Å². The van der Waals surface area contributed by atoms with Gasteiger partial charge in [-0.2, -0.15) is 14.6 Å². The first-order chi connectivity index (χ1) is 21.5. The van der Waals surface area contributed by atoms with Crippen LogP contribution in [0.4, 0.5) is 0 Å². The number of fused-ring (bicyclic) bond motifs is 1. The zero-order chi connectivity index (χ0) is 30.5. The first-order valence-corrected chi connectivity index (χ1v) is 15.6. The second-order valence-electron chi connectivity index (χ2n) is 9.98. The van der Waals surface area contributed by atoms with Crippen molar-refractivity contribution in [2.24, 2.45) is 0 Å². The largest absolute Gasteiger partial charge is 0.494 e. The predicted octanol–water partition coefficient (Wildman–Crippen LogP) is 6.95. The van der Waals surface area contributed by atoms with E-state index in [1.54, 1.807) is 10.8 Å². The quantitative estimate of drug-likeness (QED) is 0.145. The van der Waals surface area contributed by atoms with E-state index in [4.69, 9.17) is 26.2 Å². The third-order valence-corrected chi connectivity index (χ3v) is 8.08. The average Bonchev–Trinajstić information content (AvgIpc) is 3.73. The van der Waals surface area contributed by atoms with Crippen molar-refractivity contribution in [1.29, 1.82) is 0 Å². The van der Waals surface area contributed by atoms with Gasteiger partial charge in [0.1, 0.15) is 17.2 Å². The molecule has 0 saturated heterocycles. The average molecular weight is 624 g/mol. The lowest BCUT2D eigenvalue weighted by Crippen LogP contribution is -2.23. The SMILES string of the molecule is CCCCOc1ccc(-c2nn(-c3ccccc3)cc2/C=c2\sc3nc(/C=C/c4ccc(OCC)cc4)nn3c2=O)cc1Cl. The van der Waals surface area contributed by atoms with Gasteiger partial charge < -0.3 is 9.47 Å². The summed E-state index contributed by atoms with van der Waals surface area (Å²) in [7, 11) is 0. The summed E-state index contributed by atoms with van der Waals surface area (Å²) in [5, 5.41) is 9.83. The number of nitrogens with zero attached hydrogens (tertiary/aromatic N) is 5. The highest BCUT2D eigenvalue weighted by Gasteiger charge is 2.15. The third kappa shape index (κ3) is 6.44. The number of halogens is 1. The maximum Gasteiger partial charge on any atom is 0.291 e. The molecule has 3 heterocycles. The molecule has 8 nitrogen and oxygen atoms in total. The summed E-state index contributed by atoms with van der Waals surface area (Å²) in [5.74, 6) is 1.91. The minimum Gasteiger partial charge on any atom is -0.494 e. The molecule has 0 bridgehead atoms. The van der Waals surface area contributed by atoms with Crippen LogP contribution in [0.15, 0.2) is 83.8 Å². The molecule has 0 fully saturated rings. The van der Waals surface area contributed by atoms with Crippen molar-refractivity contribution in [1.82, 2.24) is 24.4 Å². The molecule has 0 saturated carbocycles. The molecule has 10 heteroatoms. The van der Waals surface area contributed by atoms with Gasteiger partial charge in [-0.25, -0.2) is 4.68 Å². The van der Waals surface area contributed by atoms with Gasteiger partial charge >= 0.3 is 0 Å². The maximum atomic E-state index is 13.4. The molecule has 0 unspecified atom stereocenters. The van der Waals surface area contributed by atoms with Gasteiger partial charge in [0.15, 0.2) is 5.82 Å². The van der Waals surface area contributed by atoms with E-state index in [9.17, 15) is 4.79 Å². The molecule has 3 aromatic heterocycles. The van der Waals surface area contributed by atoms with Crippen LogP contribution in [0.2, 0.25) is 5.02 Å². The Balaban J connectivity index is 1.34. The lowest BCUT2D eigenvalue weighted by molar-refractivity contribution is 0.309. The Morgan fingerprint density at radius 1 is 0.955 bits per heavy atom. The Bertz CT molecular complexity index is 2030. The van der Waals surface area contributed by atoms with Gasteiger partial charge in [-0.15, -0.1) is 5.10 Å². The summed E-state index contributed by atoms with van der Waals surface area (Å²) in [6.07, 6.45) is 9.43. The van der Waals surface area contributed by atoms with Gasteiger partial charge in [-0.1, -0.05) is 72.7 Å². The molecule has 222 valence electrons. The fourth-order valence-electron chi connectivity index (χ4n) is 4.60. The fraction of sp³-hybridized carbons (Fsp3) is 0.176. The Hall–Kier alpha value is -4.73. The molecule has 44 heavy (non-hydrogen) atoms. The smallest absolute Gasteiger partial charge is 0.291 e. The van der Waals surface area contributed by atoms with E-state index in [2.05, 4.69) is 17.0 Å². The van der Waals surface area contributed by atoms with Crippen LogP contribution in [-0.2, 0) is 0 Å². The summed E-state index contributed by atoms with van der Waals surface area (Å²) in [6.45, 7) is 5.29. The monoisotopic (exact) mass is 623 g/mol. The summed E-state index contributed by atoms with van der Waals surface area (Å²) >= 11 is 7.89. The second kappa shape index (κ2) is 13.3. The molecule has 0 amide bonds. The molecule has 0 aliphatic rings. The van der Waals surface area contributed by atoms with Crippen molar-refractivity contribution in [3.05, 3.63) is 116 Å². The van der Waals surface area contributed by atoms with Crippen molar-refractivity contribution in [3.63, 3.8) is 0 Å². The van der Waals surface area contributed by atoms with Crippen molar-refractivity contribution in [3.8, 4) is 28.4 Å². The summed E-state index contributed by atoms with van der Waals surface area (Å²) in [6, 6.07) is 23.2. The third-order valence-electron chi connectivity index (χ3n) is 6.82. The van der Waals surface area contributed by atoms with E-state index in [0.29, 0.717) is 45.0 Å². The molecule has 0 spiro atoms. The number of aromatic nitrogens is 5. The Kier molecular flexibility index (Phi) is 8.86. The van der Waals surface area contributed by atoms with E-state index in [1.807, 2.05) is 98.1 Å². The number of ether oxygens (including phenoxy) is 2. The molecule has 6 aromatic rings. The first kappa shape index (κ1) is 29.3. The molecule has 0 aliphatic carbocycles. The molecule has 0 atom stereocenters. The van der Waals surface area contributed by atoms with Crippen molar-refractivity contribution in [2.45, 2.75) is 26.7 Å². The number of benzene rings is 3. The first-order valence-electron chi connectivity index (χ1n) is 14.4. The van der Waals surface area contributed by atoms with Crippen molar-refractivity contribution in [2.75, 3.05) is 13.2 Å². The minimum atomic E-state index is -0.241. The van der Waals surface area contributed by atoms with Crippen LogP contribution in [0.5, 0.6) is 11.5 Å². The Labute approximate surface area is 263 Å². The van der Waals surface area contributed by atoms with Gasteiger partial charge in [-0.3, -0.25) is 4.79 Å². The van der Waals surface area contributed by atoms with Crippen LogP contribution in [0.3, 0.4) is 0 Å². The highest BCUT2D eigenvalue weighted by molar-refractivity contribution is 7.15. The van der Waals surface area contributed by atoms with Crippen LogP contribution in [0, 0.1) is 0 Å². The van der Waals surface area contributed by atoms with Gasteiger partial charge in [-0.05, 0) is 73.5 Å². The molecule has 0 N–H and O–H groups in total. The number of unbranched alkanes of at least 4 members (excludes halogenated alkanes) is 1. The normalized spacial score (nSPS) is 12.0. The maximum absolute atomic E-state index is 13.4. The second-order valence-corrected chi connectivity index (χ2v) is 11.4. The predicted molar refractivity (Wildman–Crippen MR) is 177 cm³/mol. The van der Waals surface area contributed by atoms with Crippen LogP contribution >= 0.6 is 22.9 Å². The van der Waals surface area contributed by atoms with Crippen LogP contribution < -0.4 is 19.6 Å². The molecule has 6 rings (SSSR count). The van der Waals surface area contributed by atoms with Crippen molar-refractivity contribution >= 4 is 46.1 Å². The summed E-state index contributed by atoms with van der Waals surface area (Å²) in [4.78, 5) is 18.5. The molecular formula is C34H30ClN5O3S. The van der Waals surface area contributed by atoms with Gasteiger partial charge in [0.25, 0.3) is 5.56 Å². The van der Waals surface area contributed by atoms with Gasteiger partial charge in [0, 0.05) is 17.3 Å². The molecule has 0 aliphatic heterocycles. The lowest BCUT2D eigenvalue weighted by atomic mass is 10.1. The highest BCUT2D eigenvalue weighted by atomic mass is 35.5. The van der Waals surface area contributed by atoms with E-state index in [0.717, 1.165) is 41.0 Å². The van der Waals surface area contributed by atoms with E-state index in [-0.39, 0.29) is 5.56 Å². The highest BCUT2D eigenvalue weighted by Crippen LogP contribution is 2.32. The Morgan fingerprint density at radius 2 is 1.77 bits per heavy atom. The topological polar surface area (TPSA) is 83.5 Å². The van der Waals surface area contributed by atoms with E-state index in [1.165, 1.54) is 15.9 Å². The van der Waals surface area contributed by atoms with E-state index < -0.39 is 0 Å². The zero-order valence-corrected chi connectivity index (χ0v) is 25.9. The van der Waals surface area contributed by atoms with Crippen LogP contribution in [0.1, 0.15) is 43.6 Å². The van der Waals surface area contributed by atoms with Crippen LogP contribution in [0.25, 0.3) is 40.1 Å². The Morgan fingerprint density at radius 3 is 2.50 bits per heavy atom. The zero-order valence-electron chi connectivity index (χ0n) is 24.3. The molecular weight excluding hydrogens is 594 g/mol. The fourth-order valence-corrected chi connectivity index (χ4v) is 5.74. The number of hydrogen-bond donors (Lipinski definition) is 0. The standard InChI is InChI=1S/C34H30ClN5O3S/c1-3-5-19-43-29-17-14-24(20-28(29)35)32-25(22-39(38-32)26-9-7-6-8-10-26)21-30-33(41)40-34(44-30)36-31(37-40)18-13-23-11-15-27(16-12-23)42-4-2/h6-18,20-22H,3-5,19H2,1-2H3/b18-13+,30-21-. The number of rotatable bonds is 11. The van der Waals surface area contributed by atoms with E-state index >= 15 is 0 Å². The number of hydrogen-bond acceptors (Lipinski definition) is 7. The summed E-state index contributed by atoms with van der Waals surface area (Å²) < 4.78 is 15.0. The number of para-hydroxylation sites is 1.